The predicted molar refractivity (Wildman–Crippen MR) is 84.5 cm³/mol. The molecule has 0 aliphatic carbocycles. The van der Waals surface area contributed by atoms with Gasteiger partial charge < -0.3 is 15.3 Å². The van der Waals surface area contributed by atoms with Gasteiger partial charge in [-0.3, -0.25) is 4.79 Å². The average Bonchev–Trinajstić information content (AvgIpc) is 2.69. The molecule has 1 aliphatic rings. The molecule has 0 saturated carbocycles. The summed E-state index contributed by atoms with van der Waals surface area (Å²) in [5.74, 6) is -1.52. The Morgan fingerprint density at radius 1 is 1.27 bits per heavy atom. The highest BCUT2D eigenvalue weighted by Crippen LogP contribution is 2.18. The van der Waals surface area contributed by atoms with E-state index in [9.17, 15) is 14.3 Å². The van der Waals surface area contributed by atoms with Crippen LogP contribution in [0.1, 0.15) is 49.9 Å². The Morgan fingerprint density at radius 2 is 1.91 bits per heavy atom. The number of likely N-dealkylation sites (tertiary alicyclic amines) is 1. The van der Waals surface area contributed by atoms with Gasteiger partial charge in [-0.25, -0.2) is 4.39 Å². The van der Waals surface area contributed by atoms with Crippen LogP contribution >= 0.6 is 0 Å². The van der Waals surface area contributed by atoms with Gasteiger partial charge in [-0.05, 0) is 58.0 Å². The quantitative estimate of drug-likeness (QED) is 0.899. The summed E-state index contributed by atoms with van der Waals surface area (Å²) in [6.45, 7) is 6.89. The van der Waals surface area contributed by atoms with Crippen molar-refractivity contribution in [1.82, 2.24) is 10.2 Å². The van der Waals surface area contributed by atoms with E-state index in [1.165, 1.54) is 31.7 Å². The zero-order chi connectivity index (χ0) is 16.2. The summed E-state index contributed by atoms with van der Waals surface area (Å²) in [5.41, 5.74) is -0.117. The third kappa shape index (κ3) is 4.70. The Balaban J connectivity index is 1.97. The number of hydrogen-bond donors (Lipinski definition) is 2. The van der Waals surface area contributed by atoms with Crippen molar-refractivity contribution in [3.8, 4) is 5.75 Å². The fourth-order valence-corrected chi connectivity index (χ4v) is 2.93. The van der Waals surface area contributed by atoms with E-state index in [-0.39, 0.29) is 17.0 Å². The van der Waals surface area contributed by atoms with Crippen molar-refractivity contribution in [2.24, 2.45) is 0 Å². The maximum atomic E-state index is 13.1. The van der Waals surface area contributed by atoms with Gasteiger partial charge in [-0.15, -0.1) is 0 Å². The number of nitrogens with one attached hydrogen (secondary N) is 1. The molecule has 1 aromatic carbocycles. The van der Waals surface area contributed by atoms with Gasteiger partial charge in [0.2, 0.25) is 0 Å². The topological polar surface area (TPSA) is 52.6 Å². The molecule has 122 valence electrons. The van der Waals surface area contributed by atoms with Crippen molar-refractivity contribution in [3.63, 3.8) is 0 Å². The van der Waals surface area contributed by atoms with Gasteiger partial charge in [0.05, 0.1) is 0 Å². The lowest BCUT2D eigenvalue weighted by Crippen LogP contribution is -2.51. The van der Waals surface area contributed by atoms with E-state index >= 15 is 0 Å². The second-order valence-electron chi connectivity index (χ2n) is 6.69. The molecule has 1 aromatic rings. The van der Waals surface area contributed by atoms with Gasteiger partial charge in [0, 0.05) is 17.6 Å². The highest BCUT2D eigenvalue weighted by Gasteiger charge is 2.25. The van der Waals surface area contributed by atoms with Crippen LogP contribution in [0.3, 0.4) is 0 Å². The first-order valence-electron chi connectivity index (χ1n) is 7.91. The molecule has 1 aliphatic heterocycles. The van der Waals surface area contributed by atoms with Crippen LogP contribution in [0, 0.1) is 5.82 Å². The van der Waals surface area contributed by atoms with E-state index in [2.05, 4.69) is 10.2 Å². The van der Waals surface area contributed by atoms with Crippen LogP contribution in [0.4, 0.5) is 4.39 Å². The summed E-state index contributed by atoms with van der Waals surface area (Å²) in [5, 5.41) is 12.3. The fourth-order valence-electron chi connectivity index (χ4n) is 2.93. The van der Waals surface area contributed by atoms with E-state index in [1.54, 1.807) is 0 Å². The van der Waals surface area contributed by atoms with E-state index in [0.717, 1.165) is 31.8 Å². The summed E-state index contributed by atoms with van der Waals surface area (Å²) in [4.78, 5) is 14.7. The molecule has 0 bridgehead atoms. The largest absolute Gasteiger partial charge is 0.505 e. The number of carbonyl (C=O) groups excluding carboxylic acids is 1. The third-order valence-corrected chi connectivity index (χ3v) is 3.98. The molecule has 2 rings (SSSR count). The monoisotopic (exact) mass is 308 g/mol. The highest BCUT2D eigenvalue weighted by molar-refractivity contribution is 5.95. The van der Waals surface area contributed by atoms with Crippen molar-refractivity contribution in [1.29, 1.82) is 0 Å². The van der Waals surface area contributed by atoms with Crippen molar-refractivity contribution in [2.45, 2.75) is 45.1 Å². The minimum Gasteiger partial charge on any atom is -0.505 e. The maximum Gasteiger partial charge on any atom is 0.251 e. The lowest BCUT2D eigenvalue weighted by molar-refractivity contribution is 0.0887. The van der Waals surface area contributed by atoms with Crippen molar-refractivity contribution in [2.75, 3.05) is 19.6 Å². The number of rotatable bonds is 4. The van der Waals surface area contributed by atoms with E-state index in [0.29, 0.717) is 0 Å². The van der Waals surface area contributed by atoms with Crippen molar-refractivity contribution < 1.29 is 14.3 Å². The first-order valence-corrected chi connectivity index (χ1v) is 7.91. The number of benzene rings is 1. The lowest BCUT2D eigenvalue weighted by Gasteiger charge is -2.33. The Kier molecular flexibility index (Phi) is 5.40. The number of phenolic OH excluding ortho intramolecular Hbond substituents is 1. The second kappa shape index (κ2) is 7.09. The van der Waals surface area contributed by atoms with Gasteiger partial charge in [-0.1, -0.05) is 12.8 Å². The molecule has 0 radical (unpaired) electrons. The van der Waals surface area contributed by atoms with Gasteiger partial charge in [0.15, 0.2) is 11.6 Å². The molecule has 2 N–H and O–H groups in total. The Labute approximate surface area is 131 Å². The van der Waals surface area contributed by atoms with E-state index < -0.39 is 11.6 Å². The second-order valence-corrected chi connectivity index (χ2v) is 6.69. The molecular formula is C17H25FN2O2. The molecule has 0 aromatic heterocycles. The van der Waals surface area contributed by atoms with Crippen LogP contribution in [0.5, 0.6) is 5.75 Å². The van der Waals surface area contributed by atoms with Crippen LogP contribution in [0.15, 0.2) is 18.2 Å². The molecule has 1 amide bonds. The van der Waals surface area contributed by atoms with Crippen LogP contribution in [-0.2, 0) is 0 Å². The van der Waals surface area contributed by atoms with E-state index in [1.807, 2.05) is 13.8 Å². The summed E-state index contributed by atoms with van der Waals surface area (Å²) < 4.78 is 13.1. The number of nitrogens with zero attached hydrogens (tertiary/aromatic N) is 1. The van der Waals surface area contributed by atoms with Gasteiger partial charge >= 0.3 is 0 Å². The normalized spacial score (nSPS) is 17.0. The Hall–Kier alpha value is -1.62. The van der Waals surface area contributed by atoms with Crippen molar-refractivity contribution >= 4 is 5.91 Å². The van der Waals surface area contributed by atoms with E-state index in [4.69, 9.17) is 0 Å². The standard InChI is InChI=1S/C17H25FN2O2/c1-17(2,12-20-9-5-3-4-6-10-20)19-16(22)13-7-8-14(18)15(21)11-13/h7-8,11,21H,3-6,9-10,12H2,1-2H3,(H,19,22). The number of halogens is 1. The van der Waals surface area contributed by atoms with Crippen LogP contribution in [-0.4, -0.2) is 41.1 Å². The molecule has 22 heavy (non-hydrogen) atoms. The summed E-state index contributed by atoms with van der Waals surface area (Å²) in [7, 11) is 0. The Morgan fingerprint density at radius 3 is 2.50 bits per heavy atom. The van der Waals surface area contributed by atoms with Crippen LogP contribution in [0.2, 0.25) is 0 Å². The molecular weight excluding hydrogens is 283 g/mol. The number of hydrogen-bond acceptors (Lipinski definition) is 3. The van der Waals surface area contributed by atoms with Gasteiger partial charge in [0.1, 0.15) is 0 Å². The molecule has 1 fully saturated rings. The minimum absolute atomic E-state index is 0.267. The zero-order valence-electron chi connectivity index (χ0n) is 13.4. The number of carbonyl (C=O) groups is 1. The van der Waals surface area contributed by atoms with Crippen LogP contribution < -0.4 is 5.32 Å². The molecule has 1 saturated heterocycles. The smallest absolute Gasteiger partial charge is 0.251 e. The molecule has 0 spiro atoms. The Bertz CT molecular complexity index is 523. The number of phenols is 1. The zero-order valence-corrected chi connectivity index (χ0v) is 13.4. The summed E-state index contributed by atoms with van der Waals surface area (Å²) in [6, 6.07) is 3.64. The number of amides is 1. The molecule has 0 atom stereocenters. The fraction of sp³-hybridized carbons (Fsp3) is 0.588. The van der Waals surface area contributed by atoms with Gasteiger partial charge in [0.25, 0.3) is 5.91 Å². The third-order valence-electron chi connectivity index (χ3n) is 3.98. The summed E-state index contributed by atoms with van der Waals surface area (Å²) in [6.07, 6.45) is 4.96. The minimum atomic E-state index is -0.722. The van der Waals surface area contributed by atoms with Crippen molar-refractivity contribution in [3.05, 3.63) is 29.6 Å². The molecule has 1 heterocycles. The maximum absolute atomic E-state index is 13.1. The first-order chi connectivity index (χ1) is 10.4. The average molecular weight is 308 g/mol. The molecule has 0 unspecified atom stereocenters. The SMILES string of the molecule is CC(C)(CN1CCCCCC1)NC(=O)c1ccc(F)c(O)c1. The molecule has 5 heteroatoms. The van der Waals surface area contributed by atoms with Crippen LogP contribution in [0.25, 0.3) is 0 Å². The molecule has 4 nitrogen and oxygen atoms in total. The summed E-state index contributed by atoms with van der Waals surface area (Å²) >= 11 is 0. The highest BCUT2D eigenvalue weighted by atomic mass is 19.1. The first kappa shape index (κ1) is 16.7. The lowest BCUT2D eigenvalue weighted by atomic mass is 10.0. The number of aromatic hydroxyl groups is 1. The predicted octanol–water partition coefficient (Wildman–Crippen LogP) is 2.92. The van der Waals surface area contributed by atoms with Gasteiger partial charge in [-0.2, -0.15) is 0 Å².